The number of aryl methyl sites for hydroxylation is 1. The largest absolute Gasteiger partial charge is 0.480 e. The molecule has 1 rings (SSSR count). The molecule has 2 amide bonds. The standard InChI is InChI=1S/C14H18Br2N2O3/c1-4-8(3)11(13(19)20)17-14(21)18-12-9(15)5-7(2)6-10(12)16/h5-6,8,11H,4H2,1-3H3,(H,19,20)(H2,17,18,21)/t8-,11-/m0/s1. The molecular formula is C14H18Br2N2O3. The molecule has 0 aromatic heterocycles. The maximum Gasteiger partial charge on any atom is 0.326 e. The van der Waals surface area contributed by atoms with E-state index in [4.69, 9.17) is 0 Å². The van der Waals surface area contributed by atoms with E-state index in [1.807, 2.05) is 26.0 Å². The molecule has 1 aromatic carbocycles. The number of halogens is 2. The number of carboxylic acid groups (broad SMARTS) is 1. The molecule has 0 unspecified atom stereocenters. The van der Waals surface area contributed by atoms with Gasteiger partial charge in [0.05, 0.1) is 5.69 Å². The van der Waals surface area contributed by atoms with Gasteiger partial charge in [-0.25, -0.2) is 9.59 Å². The Hall–Kier alpha value is -1.08. The molecule has 0 spiro atoms. The lowest BCUT2D eigenvalue weighted by Crippen LogP contribution is -2.46. The summed E-state index contributed by atoms with van der Waals surface area (Å²) in [5, 5.41) is 14.3. The Bertz CT molecular complexity index is 526. The summed E-state index contributed by atoms with van der Waals surface area (Å²) in [6.45, 7) is 5.60. The second-order valence-corrected chi connectivity index (χ2v) is 6.61. The highest BCUT2D eigenvalue weighted by molar-refractivity contribution is 9.11. The molecule has 116 valence electrons. The predicted octanol–water partition coefficient (Wildman–Crippen LogP) is 4.14. The van der Waals surface area contributed by atoms with Crippen LogP contribution < -0.4 is 10.6 Å². The van der Waals surface area contributed by atoms with E-state index < -0.39 is 18.0 Å². The predicted molar refractivity (Wildman–Crippen MR) is 89.6 cm³/mol. The number of anilines is 1. The lowest BCUT2D eigenvalue weighted by Gasteiger charge is -2.21. The number of hydrogen-bond donors (Lipinski definition) is 3. The number of carbonyl (C=O) groups excluding carboxylic acids is 1. The number of benzene rings is 1. The molecule has 0 aliphatic heterocycles. The van der Waals surface area contributed by atoms with E-state index >= 15 is 0 Å². The molecule has 0 bridgehead atoms. The van der Waals surface area contributed by atoms with Crippen molar-refractivity contribution in [2.45, 2.75) is 33.2 Å². The van der Waals surface area contributed by atoms with E-state index in [2.05, 4.69) is 42.5 Å². The zero-order chi connectivity index (χ0) is 16.2. The third kappa shape index (κ3) is 5.00. The Balaban J connectivity index is 2.84. The van der Waals surface area contributed by atoms with Gasteiger partial charge < -0.3 is 15.7 Å². The van der Waals surface area contributed by atoms with Crippen LogP contribution in [-0.4, -0.2) is 23.1 Å². The molecule has 0 radical (unpaired) electrons. The number of carbonyl (C=O) groups is 2. The van der Waals surface area contributed by atoms with E-state index in [-0.39, 0.29) is 5.92 Å². The van der Waals surface area contributed by atoms with Gasteiger partial charge in [0.15, 0.2) is 0 Å². The van der Waals surface area contributed by atoms with E-state index in [0.717, 1.165) is 14.5 Å². The SMILES string of the molecule is CC[C@H](C)[C@H](NC(=O)Nc1c(Br)cc(C)cc1Br)C(=O)O. The summed E-state index contributed by atoms with van der Waals surface area (Å²) < 4.78 is 1.44. The van der Waals surface area contributed by atoms with Gasteiger partial charge in [0.2, 0.25) is 0 Å². The molecule has 2 atom stereocenters. The zero-order valence-electron chi connectivity index (χ0n) is 12.0. The van der Waals surface area contributed by atoms with Crippen LogP contribution in [0, 0.1) is 12.8 Å². The number of carboxylic acids is 1. The summed E-state index contributed by atoms with van der Waals surface area (Å²) in [7, 11) is 0. The van der Waals surface area contributed by atoms with Crippen molar-refractivity contribution >= 4 is 49.5 Å². The average Bonchev–Trinajstić information content (AvgIpc) is 2.39. The molecule has 1 aromatic rings. The molecule has 0 saturated carbocycles. The Labute approximate surface area is 140 Å². The monoisotopic (exact) mass is 420 g/mol. The van der Waals surface area contributed by atoms with Crippen molar-refractivity contribution in [2.24, 2.45) is 5.92 Å². The molecule has 0 fully saturated rings. The first-order chi connectivity index (χ1) is 9.76. The first-order valence-electron chi connectivity index (χ1n) is 6.52. The normalized spacial score (nSPS) is 13.4. The summed E-state index contributed by atoms with van der Waals surface area (Å²) in [6.07, 6.45) is 0.662. The van der Waals surface area contributed by atoms with Gasteiger partial charge in [-0.15, -0.1) is 0 Å². The first kappa shape index (κ1) is 18.0. The van der Waals surface area contributed by atoms with Gasteiger partial charge in [0.25, 0.3) is 0 Å². The van der Waals surface area contributed by atoms with Crippen LogP contribution in [-0.2, 0) is 4.79 Å². The molecule has 0 aliphatic carbocycles. The Morgan fingerprint density at radius 3 is 2.24 bits per heavy atom. The number of amides is 2. The van der Waals surface area contributed by atoms with Gasteiger partial charge in [-0.1, -0.05) is 20.3 Å². The molecule has 3 N–H and O–H groups in total. The summed E-state index contributed by atoms with van der Waals surface area (Å²) in [6, 6.07) is 2.26. The lowest BCUT2D eigenvalue weighted by atomic mass is 9.99. The first-order valence-corrected chi connectivity index (χ1v) is 8.10. The summed E-state index contributed by atoms with van der Waals surface area (Å²) in [5.41, 5.74) is 1.59. The fourth-order valence-corrected chi connectivity index (χ4v) is 3.41. The van der Waals surface area contributed by atoms with Crippen molar-refractivity contribution in [1.82, 2.24) is 5.32 Å². The number of rotatable bonds is 5. The molecule has 5 nitrogen and oxygen atoms in total. The molecule has 21 heavy (non-hydrogen) atoms. The minimum Gasteiger partial charge on any atom is -0.480 e. The maximum absolute atomic E-state index is 12.0. The highest BCUT2D eigenvalue weighted by Crippen LogP contribution is 2.32. The lowest BCUT2D eigenvalue weighted by molar-refractivity contribution is -0.140. The van der Waals surface area contributed by atoms with E-state index in [1.54, 1.807) is 6.92 Å². The van der Waals surface area contributed by atoms with Crippen molar-refractivity contribution in [2.75, 3.05) is 5.32 Å². The van der Waals surface area contributed by atoms with Crippen LogP contribution in [0.15, 0.2) is 21.1 Å². The van der Waals surface area contributed by atoms with Crippen LogP contribution in [0.4, 0.5) is 10.5 Å². The van der Waals surface area contributed by atoms with Gasteiger partial charge >= 0.3 is 12.0 Å². The second kappa shape index (κ2) is 7.79. The van der Waals surface area contributed by atoms with E-state index in [9.17, 15) is 14.7 Å². The minimum absolute atomic E-state index is 0.154. The van der Waals surface area contributed by atoms with Crippen LogP contribution in [0.25, 0.3) is 0 Å². The molecular weight excluding hydrogens is 404 g/mol. The van der Waals surface area contributed by atoms with Crippen LogP contribution in [0.5, 0.6) is 0 Å². The third-order valence-corrected chi connectivity index (χ3v) is 4.44. The molecule has 0 saturated heterocycles. The smallest absolute Gasteiger partial charge is 0.326 e. The van der Waals surface area contributed by atoms with Crippen molar-refractivity contribution < 1.29 is 14.7 Å². The number of urea groups is 1. The van der Waals surface area contributed by atoms with Gasteiger partial charge in [0, 0.05) is 8.95 Å². The van der Waals surface area contributed by atoms with Crippen LogP contribution in [0.2, 0.25) is 0 Å². The fourth-order valence-electron chi connectivity index (χ4n) is 1.79. The highest BCUT2D eigenvalue weighted by atomic mass is 79.9. The zero-order valence-corrected chi connectivity index (χ0v) is 15.2. The van der Waals surface area contributed by atoms with Gasteiger partial charge in [0.1, 0.15) is 6.04 Å². The molecule has 0 aliphatic rings. The van der Waals surface area contributed by atoms with Crippen LogP contribution in [0.3, 0.4) is 0 Å². The summed E-state index contributed by atoms with van der Waals surface area (Å²) >= 11 is 6.75. The Morgan fingerprint density at radius 1 is 1.29 bits per heavy atom. The Kier molecular flexibility index (Phi) is 6.67. The van der Waals surface area contributed by atoms with Crippen molar-refractivity contribution in [3.63, 3.8) is 0 Å². The van der Waals surface area contributed by atoms with E-state index in [1.165, 1.54) is 0 Å². The average molecular weight is 422 g/mol. The van der Waals surface area contributed by atoms with Gasteiger partial charge in [-0.2, -0.15) is 0 Å². The highest BCUT2D eigenvalue weighted by Gasteiger charge is 2.25. The number of nitrogens with one attached hydrogen (secondary N) is 2. The number of hydrogen-bond acceptors (Lipinski definition) is 2. The molecule has 0 heterocycles. The second-order valence-electron chi connectivity index (χ2n) is 4.90. The quantitative estimate of drug-likeness (QED) is 0.668. The molecule has 7 heteroatoms. The van der Waals surface area contributed by atoms with Crippen molar-refractivity contribution in [3.05, 3.63) is 26.6 Å². The van der Waals surface area contributed by atoms with Gasteiger partial charge in [-0.05, 0) is 62.4 Å². The topological polar surface area (TPSA) is 78.4 Å². The maximum atomic E-state index is 12.0. The minimum atomic E-state index is -1.04. The number of aliphatic carboxylic acids is 1. The summed E-state index contributed by atoms with van der Waals surface area (Å²) in [4.78, 5) is 23.2. The Morgan fingerprint density at radius 2 is 1.81 bits per heavy atom. The van der Waals surface area contributed by atoms with Crippen molar-refractivity contribution in [1.29, 1.82) is 0 Å². The van der Waals surface area contributed by atoms with Crippen molar-refractivity contribution in [3.8, 4) is 0 Å². The van der Waals surface area contributed by atoms with E-state index in [0.29, 0.717) is 12.1 Å². The van der Waals surface area contributed by atoms with Crippen LogP contribution >= 0.6 is 31.9 Å². The fraction of sp³-hybridized carbons (Fsp3) is 0.429. The summed E-state index contributed by atoms with van der Waals surface area (Å²) in [5.74, 6) is -1.19. The van der Waals surface area contributed by atoms with Gasteiger partial charge in [-0.3, -0.25) is 0 Å². The third-order valence-electron chi connectivity index (χ3n) is 3.19. The van der Waals surface area contributed by atoms with Crippen LogP contribution in [0.1, 0.15) is 25.8 Å².